The molecule has 0 saturated heterocycles. The van der Waals surface area contributed by atoms with Crippen LogP contribution in [-0.2, 0) is 17.9 Å². The first-order chi connectivity index (χ1) is 16.5. The van der Waals surface area contributed by atoms with Crippen LogP contribution in [0.1, 0.15) is 35.6 Å². The Balaban J connectivity index is 1.24. The van der Waals surface area contributed by atoms with Crippen LogP contribution in [0.5, 0.6) is 0 Å². The monoisotopic (exact) mass is 518 g/mol. The quantitative estimate of drug-likeness (QED) is 0.256. The standard InChI is InChI=1S/C25H23BrN6O2/c26-19-4-5-22-21(8-19)17(7-24(33)31-22)11-29-25(34)18(9-27)10-28-12-20-14-32-13-16(15-1-2-15)3-6-23(32)30-20/h3-10,13-15H,1-2,11-12,27H2,(H,29,34)(H,31,33). The third-order valence-electron chi connectivity index (χ3n) is 5.83. The Hall–Kier alpha value is -3.72. The molecule has 5 rings (SSSR count). The van der Waals surface area contributed by atoms with E-state index in [-0.39, 0.29) is 23.6 Å². The lowest BCUT2D eigenvalue weighted by Crippen LogP contribution is -2.26. The zero-order valence-corrected chi connectivity index (χ0v) is 19.9. The van der Waals surface area contributed by atoms with E-state index in [0.717, 1.165) is 21.2 Å². The normalized spacial score (nSPS) is 14.3. The lowest BCUT2D eigenvalue weighted by atomic mass is 10.1. The van der Waals surface area contributed by atoms with E-state index < -0.39 is 0 Å². The molecule has 34 heavy (non-hydrogen) atoms. The number of nitrogens with one attached hydrogen (secondary N) is 2. The fourth-order valence-electron chi connectivity index (χ4n) is 3.93. The number of benzene rings is 1. The van der Waals surface area contributed by atoms with Gasteiger partial charge < -0.3 is 20.4 Å². The lowest BCUT2D eigenvalue weighted by molar-refractivity contribution is -0.117. The van der Waals surface area contributed by atoms with Gasteiger partial charge in [-0.2, -0.15) is 0 Å². The maximum Gasteiger partial charge on any atom is 0.254 e. The summed E-state index contributed by atoms with van der Waals surface area (Å²) in [4.78, 5) is 36.4. The number of halogens is 1. The molecule has 4 N–H and O–H groups in total. The fourth-order valence-corrected chi connectivity index (χ4v) is 4.29. The molecule has 0 spiro atoms. The van der Waals surface area contributed by atoms with E-state index in [2.05, 4.69) is 48.5 Å². The molecule has 0 aliphatic heterocycles. The van der Waals surface area contributed by atoms with Crippen LogP contribution in [0.2, 0.25) is 0 Å². The van der Waals surface area contributed by atoms with Gasteiger partial charge in [-0.3, -0.25) is 14.6 Å². The van der Waals surface area contributed by atoms with Crippen molar-refractivity contribution >= 4 is 44.6 Å². The predicted octanol–water partition coefficient (Wildman–Crippen LogP) is 3.55. The van der Waals surface area contributed by atoms with Crippen LogP contribution >= 0.6 is 15.9 Å². The Morgan fingerprint density at radius 1 is 1.26 bits per heavy atom. The number of carbonyl (C=O) groups excluding carboxylic acids is 1. The lowest BCUT2D eigenvalue weighted by Gasteiger charge is -2.09. The Morgan fingerprint density at radius 3 is 2.91 bits per heavy atom. The number of hydrogen-bond donors (Lipinski definition) is 3. The smallest absolute Gasteiger partial charge is 0.254 e. The van der Waals surface area contributed by atoms with Crippen LogP contribution in [0.4, 0.5) is 0 Å². The Kier molecular flexibility index (Phi) is 6.02. The van der Waals surface area contributed by atoms with E-state index in [9.17, 15) is 9.59 Å². The minimum Gasteiger partial charge on any atom is -0.404 e. The first-order valence-electron chi connectivity index (χ1n) is 11.0. The van der Waals surface area contributed by atoms with E-state index in [4.69, 9.17) is 5.73 Å². The maximum absolute atomic E-state index is 12.7. The van der Waals surface area contributed by atoms with Crippen molar-refractivity contribution in [2.75, 3.05) is 0 Å². The van der Waals surface area contributed by atoms with Crippen molar-refractivity contribution in [1.82, 2.24) is 19.7 Å². The second-order valence-electron chi connectivity index (χ2n) is 8.36. The number of pyridine rings is 2. The number of aromatic nitrogens is 3. The largest absolute Gasteiger partial charge is 0.404 e. The Labute approximate surface area is 203 Å². The zero-order valence-electron chi connectivity index (χ0n) is 18.3. The third-order valence-corrected chi connectivity index (χ3v) is 6.32. The number of imidazole rings is 1. The van der Waals surface area contributed by atoms with Crippen molar-refractivity contribution < 1.29 is 4.79 Å². The molecule has 1 fully saturated rings. The molecule has 1 aliphatic carbocycles. The minimum atomic E-state index is -0.376. The number of nitrogens with zero attached hydrogens (tertiary/aromatic N) is 3. The molecule has 172 valence electrons. The minimum absolute atomic E-state index is 0.177. The molecule has 0 atom stereocenters. The van der Waals surface area contributed by atoms with Crippen LogP contribution in [0, 0.1) is 0 Å². The van der Waals surface area contributed by atoms with Gasteiger partial charge in [-0.15, -0.1) is 0 Å². The molecule has 3 heterocycles. The number of nitrogens with two attached hydrogens (primary N) is 1. The molecule has 0 radical (unpaired) electrons. The van der Waals surface area contributed by atoms with Crippen LogP contribution in [0.15, 0.2) is 74.8 Å². The van der Waals surface area contributed by atoms with Crippen LogP contribution < -0.4 is 16.6 Å². The summed E-state index contributed by atoms with van der Waals surface area (Å²) in [7, 11) is 0. The van der Waals surface area contributed by atoms with Gasteiger partial charge in [-0.1, -0.05) is 22.0 Å². The second-order valence-corrected chi connectivity index (χ2v) is 9.27. The van der Waals surface area contributed by atoms with Gasteiger partial charge in [0.15, 0.2) is 0 Å². The average Bonchev–Trinajstić information content (AvgIpc) is 3.59. The van der Waals surface area contributed by atoms with E-state index >= 15 is 0 Å². The SMILES string of the molecule is NC=C(C=NCc1cn2cc(C3CC3)ccc2n1)C(=O)NCc1cc(=O)[nH]c2ccc(Br)cc12. The van der Waals surface area contributed by atoms with E-state index in [0.29, 0.717) is 23.5 Å². The number of aliphatic imine (C=N–C) groups is 1. The van der Waals surface area contributed by atoms with Crippen molar-refractivity contribution in [1.29, 1.82) is 0 Å². The Bertz CT molecular complexity index is 1510. The third kappa shape index (κ3) is 4.79. The fraction of sp³-hybridized carbons (Fsp3) is 0.200. The summed E-state index contributed by atoms with van der Waals surface area (Å²) < 4.78 is 2.90. The number of aromatic amines is 1. The number of hydrogen-bond acceptors (Lipinski definition) is 5. The van der Waals surface area contributed by atoms with E-state index in [1.807, 2.05) is 34.9 Å². The van der Waals surface area contributed by atoms with Gasteiger partial charge in [0.25, 0.3) is 5.91 Å². The molecular formula is C25H23BrN6O2. The van der Waals surface area contributed by atoms with Crippen molar-refractivity contribution in [2.24, 2.45) is 10.7 Å². The molecule has 1 aliphatic rings. The van der Waals surface area contributed by atoms with Gasteiger partial charge in [0.2, 0.25) is 5.56 Å². The molecule has 0 bridgehead atoms. The molecule has 8 nitrogen and oxygen atoms in total. The highest BCUT2D eigenvalue weighted by Crippen LogP contribution is 2.39. The first kappa shape index (κ1) is 22.1. The number of amides is 1. The number of rotatable bonds is 7. The molecular weight excluding hydrogens is 496 g/mol. The highest BCUT2D eigenvalue weighted by Gasteiger charge is 2.23. The summed E-state index contributed by atoms with van der Waals surface area (Å²) in [6.07, 6.45) is 9.26. The van der Waals surface area contributed by atoms with Crippen LogP contribution in [-0.4, -0.2) is 26.5 Å². The highest BCUT2D eigenvalue weighted by molar-refractivity contribution is 9.10. The number of H-pyrrole nitrogens is 1. The summed E-state index contributed by atoms with van der Waals surface area (Å²) in [5.41, 5.74) is 10.1. The number of carbonyl (C=O) groups is 1. The predicted molar refractivity (Wildman–Crippen MR) is 136 cm³/mol. The van der Waals surface area contributed by atoms with Gasteiger partial charge >= 0.3 is 0 Å². The molecule has 0 unspecified atom stereocenters. The molecule has 9 heteroatoms. The molecule has 1 amide bonds. The van der Waals surface area contributed by atoms with Crippen molar-refractivity contribution in [3.63, 3.8) is 0 Å². The van der Waals surface area contributed by atoms with E-state index in [1.54, 1.807) is 0 Å². The summed E-state index contributed by atoms with van der Waals surface area (Å²) in [5.74, 6) is 0.302. The van der Waals surface area contributed by atoms with Crippen LogP contribution in [0.25, 0.3) is 16.6 Å². The maximum atomic E-state index is 12.7. The van der Waals surface area contributed by atoms with Crippen LogP contribution in [0.3, 0.4) is 0 Å². The molecule has 4 aromatic rings. The molecule has 1 saturated carbocycles. The zero-order chi connectivity index (χ0) is 23.7. The summed E-state index contributed by atoms with van der Waals surface area (Å²) in [6.45, 7) is 0.508. The summed E-state index contributed by atoms with van der Waals surface area (Å²) >= 11 is 3.44. The van der Waals surface area contributed by atoms with Gasteiger partial charge in [-0.05, 0) is 54.2 Å². The summed E-state index contributed by atoms with van der Waals surface area (Å²) in [6, 6.07) is 11.2. The number of fused-ring (bicyclic) bond motifs is 2. The van der Waals surface area contributed by atoms with E-state index in [1.165, 1.54) is 36.9 Å². The van der Waals surface area contributed by atoms with Crippen molar-refractivity contribution in [3.8, 4) is 0 Å². The van der Waals surface area contributed by atoms with Gasteiger partial charge in [0.1, 0.15) is 5.65 Å². The molecule has 3 aromatic heterocycles. The van der Waals surface area contributed by atoms with Gasteiger partial charge in [-0.25, -0.2) is 4.98 Å². The van der Waals surface area contributed by atoms with Gasteiger partial charge in [0.05, 0.1) is 17.8 Å². The van der Waals surface area contributed by atoms with Crippen molar-refractivity contribution in [3.05, 3.63) is 92.2 Å². The second kappa shape index (κ2) is 9.26. The highest BCUT2D eigenvalue weighted by atomic mass is 79.9. The van der Waals surface area contributed by atoms with Crippen molar-refractivity contribution in [2.45, 2.75) is 31.8 Å². The summed E-state index contributed by atoms with van der Waals surface area (Å²) in [5, 5.41) is 3.66. The van der Waals surface area contributed by atoms with Gasteiger partial charge in [0, 0.05) is 52.8 Å². The Morgan fingerprint density at radius 2 is 2.12 bits per heavy atom. The molecule has 1 aromatic carbocycles. The first-order valence-corrected chi connectivity index (χ1v) is 11.8. The average molecular weight is 519 g/mol. The topological polar surface area (TPSA) is 118 Å².